The molecular formula is C20H21F2N7O2. The summed E-state index contributed by atoms with van der Waals surface area (Å²) in [6, 6.07) is 2.26. The summed E-state index contributed by atoms with van der Waals surface area (Å²) in [6.07, 6.45) is 5.92. The molecule has 11 heteroatoms. The lowest BCUT2D eigenvalue weighted by Crippen LogP contribution is -2.37. The van der Waals surface area contributed by atoms with Crippen molar-refractivity contribution in [2.24, 2.45) is 0 Å². The number of fused-ring (bicyclic) bond motifs is 3. The Hall–Kier alpha value is -3.08. The maximum atomic E-state index is 13.5. The Kier molecular flexibility index (Phi) is 4.20. The Morgan fingerprint density at radius 2 is 2.16 bits per heavy atom. The molecule has 0 spiro atoms. The lowest BCUT2D eigenvalue weighted by Gasteiger charge is -2.27. The zero-order chi connectivity index (χ0) is 21.1. The highest BCUT2D eigenvalue weighted by molar-refractivity contribution is 6.08. The van der Waals surface area contributed by atoms with E-state index in [0.29, 0.717) is 12.3 Å². The van der Waals surface area contributed by atoms with Gasteiger partial charge in [-0.3, -0.25) is 9.48 Å². The predicted octanol–water partition coefficient (Wildman–Crippen LogP) is 2.82. The Balaban J connectivity index is 1.29. The molecule has 1 saturated carbocycles. The van der Waals surface area contributed by atoms with Gasteiger partial charge in [-0.05, 0) is 31.7 Å². The van der Waals surface area contributed by atoms with Crippen LogP contribution in [0.1, 0.15) is 54.2 Å². The number of morpholine rings is 1. The molecule has 2 bridgehead atoms. The Labute approximate surface area is 176 Å². The zero-order valence-electron chi connectivity index (χ0n) is 16.6. The zero-order valence-corrected chi connectivity index (χ0v) is 16.6. The van der Waals surface area contributed by atoms with E-state index in [1.165, 1.54) is 21.6 Å². The molecule has 6 rings (SSSR count). The number of hydrogen-bond acceptors (Lipinski definition) is 6. The van der Waals surface area contributed by atoms with E-state index in [1.807, 2.05) is 6.07 Å². The molecule has 9 nitrogen and oxygen atoms in total. The molecule has 31 heavy (non-hydrogen) atoms. The molecule has 1 amide bonds. The van der Waals surface area contributed by atoms with Crippen molar-refractivity contribution in [2.75, 3.05) is 23.4 Å². The van der Waals surface area contributed by atoms with Gasteiger partial charge in [0.05, 0.1) is 36.7 Å². The van der Waals surface area contributed by atoms with E-state index in [1.54, 1.807) is 6.20 Å². The second-order valence-electron chi connectivity index (χ2n) is 8.36. The van der Waals surface area contributed by atoms with Crippen LogP contribution in [0.15, 0.2) is 24.7 Å². The number of carbonyl (C=O) groups excluding carboxylic acids is 1. The predicted molar refractivity (Wildman–Crippen MR) is 107 cm³/mol. The number of alkyl halides is 2. The van der Waals surface area contributed by atoms with E-state index >= 15 is 0 Å². The van der Waals surface area contributed by atoms with E-state index in [2.05, 4.69) is 25.4 Å². The molecular weight excluding hydrogens is 408 g/mol. The fraction of sp³-hybridized carbons (Fsp3) is 0.500. The molecule has 0 unspecified atom stereocenters. The van der Waals surface area contributed by atoms with Crippen LogP contribution in [0, 0.1) is 0 Å². The number of anilines is 2. The normalized spacial score (nSPS) is 23.1. The maximum Gasteiger partial charge on any atom is 0.284 e. The number of nitrogens with zero attached hydrogens (tertiary/aromatic N) is 6. The van der Waals surface area contributed by atoms with Crippen LogP contribution in [0.2, 0.25) is 0 Å². The molecule has 2 atom stereocenters. The molecule has 0 aromatic carbocycles. The van der Waals surface area contributed by atoms with Gasteiger partial charge in [0.1, 0.15) is 11.4 Å². The Bertz CT molecular complexity index is 1160. The average molecular weight is 429 g/mol. The number of ether oxygens (including phenoxy) is 1. The topological polar surface area (TPSA) is 89.6 Å². The Morgan fingerprint density at radius 1 is 1.29 bits per heavy atom. The summed E-state index contributed by atoms with van der Waals surface area (Å²) in [5.74, 6) is 0.213. The monoisotopic (exact) mass is 429 g/mol. The molecule has 3 aromatic rings. The second-order valence-corrected chi connectivity index (χ2v) is 8.36. The van der Waals surface area contributed by atoms with E-state index < -0.39 is 18.0 Å². The van der Waals surface area contributed by atoms with Crippen LogP contribution in [0.5, 0.6) is 0 Å². The highest BCUT2D eigenvalue weighted by Gasteiger charge is 2.39. The number of rotatable bonds is 5. The lowest BCUT2D eigenvalue weighted by molar-refractivity contribution is 0.0988. The SMILES string of the molecule is O=C(Nc1cn(C2CCC2)nc1C(F)F)c1cnn2ccc(N3C[C@H]4C[C@@H]3CO4)nc12. The van der Waals surface area contributed by atoms with Crippen LogP contribution in [-0.2, 0) is 4.74 Å². The first-order valence-electron chi connectivity index (χ1n) is 10.5. The molecule has 3 fully saturated rings. The van der Waals surface area contributed by atoms with Crippen molar-refractivity contribution < 1.29 is 18.3 Å². The van der Waals surface area contributed by atoms with Crippen molar-refractivity contribution in [3.05, 3.63) is 35.9 Å². The number of amides is 1. The van der Waals surface area contributed by atoms with Crippen molar-refractivity contribution in [2.45, 2.75) is 50.3 Å². The molecule has 2 aliphatic heterocycles. The van der Waals surface area contributed by atoms with Gasteiger partial charge in [0.15, 0.2) is 11.3 Å². The Morgan fingerprint density at radius 3 is 2.84 bits per heavy atom. The van der Waals surface area contributed by atoms with Crippen LogP contribution >= 0.6 is 0 Å². The standard InChI is InChI=1S/C20H21F2N7O2/c21-18(22)17-15(9-29(26-17)11-2-1-3-11)24-20(30)14-7-23-28-5-4-16(25-19(14)28)27-8-13-6-12(27)10-31-13/h4-5,7,9,11-13,18H,1-3,6,8,10H2,(H,24,30)/t12-,13-/m1/s1. The highest BCUT2D eigenvalue weighted by atomic mass is 19.3. The largest absolute Gasteiger partial charge is 0.374 e. The van der Waals surface area contributed by atoms with Gasteiger partial charge < -0.3 is 15.0 Å². The molecule has 162 valence electrons. The van der Waals surface area contributed by atoms with Crippen LogP contribution in [0.3, 0.4) is 0 Å². The lowest BCUT2D eigenvalue weighted by atomic mass is 9.93. The summed E-state index contributed by atoms with van der Waals surface area (Å²) < 4.78 is 35.7. The first-order valence-corrected chi connectivity index (χ1v) is 10.5. The fourth-order valence-corrected chi connectivity index (χ4v) is 4.55. The third-order valence-corrected chi connectivity index (χ3v) is 6.46. The summed E-state index contributed by atoms with van der Waals surface area (Å²) >= 11 is 0. The first-order chi connectivity index (χ1) is 15.1. The maximum absolute atomic E-state index is 13.5. The average Bonchev–Trinajstić information content (AvgIpc) is 3.49. The summed E-state index contributed by atoms with van der Waals surface area (Å²) in [5.41, 5.74) is 0.206. The van der Waals surface area contributed by atoms with Crippen molar-refractivity contribution in [1.29, 1.82) is 0 Å². The minimum Gasteiger partial charge on any atom is -0.374 e. The summed E-state index contributed by atoms with van der Waals surface area (Å²) in [4.78, 5) is 19.8. The van der Waals surface area contributed by atoms with Gasteiger partial charge in [0.25, 0.3) is 12.3 Å². The number of hydrogen-bond donors (Lipinski definition) is 1. The molecule has 2 saturated heterocycles. The third-order valence-electron chi connectivity index (χ3n) is 6.46. The second kappa shape index (κ2) is 6.98. The quantitative estimate of drug-likeness (QED) is 0.671. The van der Waals surface area contributed by atoms with Crippen LogP contribution in [0.4, 0.5) is 20.3 Å². The van der Waals surface area contributed by atoms with Crippen molar-refractivity contribution in [1.82, 2.24) is 24.4 Å². The van der Waals surface area contributed by atoms with Gasteiger partial charge in [-0.15, -0.1) is 0 Å². The summed E-state index contributed by atoms with van der Waals surface area (Å²) in [6.45, 7) is 1.44. The fourth-order valence-electron chi connectivity index (χ4n) is 4.55. The highest BCUT2D eigenvalue weighted by Crippen LogP contribution is 2.35. The molecule has 3 aromatic heterocycles. The number of nitrogens with one attached hydrogen (secondary N) is 1. The third kappa shape index (κ3) is 3.06. The number of aromatic nitrogens is 5. The van der Waals surface area contributed by atoms with Crippen LogP contribution < -0.4 is 10.2 Å². The molecule has 0 radical (unpaired) electrons. The number of halogens is 2. The smallest absolute Gasteiger partial charge is 0.284 e. The molecule has 1 N–H and O–H groups in total. The van der Waals surface area contributed by atoms with Crippen molar-refractivity contribution in [3.63, 3.8) is 0 Å². The minimum absolute atomic E-state index is 0.0245. The van der Waals surface area contributed by atoms with Crippen LogP contribution in [0.25, 0.3) is 5.65 Å². The first kappa shape index (κ1) is 18.7. The van der Waals surface area contributed by atoms with E-state index in [0.717, 1.165) is 38.0 Å². The molecule has 5 heterocycles. The molecule has 1 aliphatic carbocycles. The van der Waals surface area contributed by atoms with E-state index in [4.69, 9.17) is 4.74 Å². The van der Waals surface area contributed by atoms with Gasteiger partial charge in [-0.25, -0.2) is 18.3 Å². The van der Waals surface area contributed by atoms with E-state index in [-0.39, 0.29) is 29.4 Å². The molecule has 3 aliphatic rings. The summed E-state index contributed by atoms with van der Waals surface area (Å²) in [5, 5.41) is 10.8. The number of carbonyl (C=O) groups is 1. The van der Waals surface area contributed by atoms with Gasteiger partial charge >= 0.3 is 0 Å². The van der Waals surface area contributed by atoms with Gasteiger partial charge in [0, 0.05) is 18.9 Å². The van der Waals surface area contributed by atoms with Crippen molar-refractivity contribution in [3.8, 4) is 0 Å². The van der Waals surface area contributed by atoms with Gasteiger partial charge in [-0.2, -0.15) is 10.2 Å². The summed E-state index contributed by atoms with van der Waals surface area (Å²) in [7, 11) is 0. The van der Waals surface area contributed by atoms with Gasteiger partial charge in [-0.1, -0.05) is 0 Å². The minimum atomic E-state index is -2.78. The van der Waals surface area contributed by atoms with Crippen molar-refractivity contribution >= 4 is 23.1 Å². The van der Waals surface area contributed by atoms with Gasteiger partial charge in [0.2, 0.25) is 0 Å². The van der Waals surface area contributed by atoms with E-state index in [9.17, 15) is 13.6 Å². The van der Waals surface area contributed by atoms with Crippen LogP contribution in [-0.4, -0.2) is 55.6 Å².